The van der Waals surface area contributed by atoms with E-state index in [-0.39, 0.29) is 12.0 Å². The fraction of sp³-hybridized carbons (Fsp3) is 0.294. The summed E-state index contributed by atoms with van der Waals surface area (Å²) < 4.78 is 7.40. The third-order valence-corrected chi connectivity index (χ3v) is 3.20. The number of aliphatic hydroxyl groups is 1. The minimum absolute atomic E-state index is 0.0727. The fourth-order valence-corrected chi connectivity index (χ4v) is 1.65. The summed E-state index contributed by atoms with van der Waals surface area (Å²) in [5.74, 6) is -0.885. The first-order valence-corrected chi connectivity index (χ1v) is 7.30. The second-order valence-corrected chi connectivity index (χ2v) is 5.12. The molecule has 0 radical (unpaired) electrons. The van der Waals surface area contributed by atoms with Crippen molar-refractivity contribution >= 4 is 5.97 Å². The van der Waals surface area contributed by atoms with Gasteiger partial charge in [0.15, 0.2) is 11.9 Å². The molecule has 0 fully saturated rings. The van der Waals surface area contributed by atoms with Gasteiger partial charge in [-0.2, -0.15) is 0 Å². The standard InChI is InChI=1S/C14H15NO2.C3H7NO3/c1-11-8-13(16)14(9-15(11)2)17-10-12-6-4-3-5-7-12;4-1-2(5)3(6)7/h3-9H,10H2,1-2H3;2,5H,1,4H2,(H,6,7). The Morgan fingerprint density at radius 3 is 2.46 bits per heavy atom. The number of carbonyl (C=O) groups is 1. The molecule has 1 unspecified atom stereocenters. The summed E-state index contributed by atoms with van der Waals surface area (Å²) in [5, 5.41) is 16.1. The number of rotatable bonds is 5. The lowest BCUT2D eigenvalue weighted by molar-refractivity contribution is -0.145. The molecule has 0 aliphatic carbocycles. The van der Waals surface area contributed by atoms with E-state index in [1.807, 2.05) is 48.9 Å². The van der Waals surface area contributed by atoms with Crippen molar-refractivity contribution in [3.8, 4) is 5.75 Å². The van der Waals surface area contributed by atoms with E-state index >= 15 is 0 Å². The Balaban J connectivity index is 0.000000351. The zero-order valence-electron chi connectivity index (χ0n) is 13.7. The molecular formula is C17H22N2O5. The molecule has 0 aliphatic rings. The van der Waals surface area contributed by atoms with Gasteiger partial charge in [0.05, 0.1) is 0 Å². The third kappa shape index (κ3) is 6.23. The maximum absolute atomic E-state index is 11.7. The quantitative estimate of drug-likeness (QED) is 0.740. The number of pyridine rings is 1. The van der Waals surface area contributed by atoms with E-state index in [1.165, 1.54) is 0 Å². The first-order valence-electron chi connectivity index (χ1n) is 7.30. The van der Waals surface area contributed by atoms with Crippen molar-refractivity contribution < 1.29 is 19.7 Å². The maximum atomic E-state index is 11.7. The molecule has 1 heterocycles. The van der Waals surface area contributed by atoms with Crippen LogP contribution in [-0.2, 0) is 18.4 Å². The molecule has 0 bridgehead atoms. The van der Waals surface area contributed by atoms with Crippen LogP contribution in [0.2, 0.25) is 0 Å². The molecule has 0 aliphatic heterocycles. The van der Waals surface area contributed by atoms with E-state index in [1.54, 1.807) is 12.3 Å². The van der Waals surface area contributed by atoms with Crippen LogP contribution in [0.25, 0.3) is 0 Å². The van der Waals surface area contributed by atoms with E-state index in [9.17, 15) is 9.59 Å². The summed E-state index contributed by atoms with van der Waals surface area (Å²) in [4.78, 5) is 21.3. The molecule has 4 N–H and O–H groups in total. The van der Waals surface area contributed by atoms with Gasteiger partial charge in [0.25, 0.3) is 0 Å². The van der Waals surface area contributed by atoms with Gasteiger partial charge in [-0.25, -0.2) is 4.79 Å². The topological polar surface area (TPSA) is 115 Å². The number of hydrogen-bond donors (Lipinski definition) is 3. The molecule has 7 nitrogen and oxygen atoms in total. The molecule has 0 amide bonds. The number of aliphatic carboxylic acids is 1. The van der Waals surface area contributed by atoms with Crippen LogP contribution >= 0.6 is 0 Å². The van der Waals surface area contributed by atoms with Gasteiger partial charge < -0.3 is 25.3 Å². The molecule has 1 atom stereocenters. The smallest absolute Gasteiger partial charge is 0.333 e. The van der Waals surface area contributed by atoms with Crippen LogP contribution in [0.1, 0.15) is 11.3 Å². The lowest BCUT2D eigenvalue weighted by Gasteiger charge is -2.09. The molecule has 1 aromatic heterocycles. The largest absolute Gasteiger partial charge is 0.483 e. The number of aryl methyl sites for hydroxylation is 2. The van der Waals surface area contributed by atoms with E-state index < -0.39 is 12.1 Å². The van der Waals surface area contributed by atoms with Crippen LogP contribution in [0.4, 0.5) is 0 Å². The van der Waals surface area contributed by atoms with Gasteiger partial charge in [-0.15, -0.1) is 0 Å². The Labute approximate surface area is 139 Å². The van der Waals surface area contributed by atoms with Gasteiger partial charge in [0.2, 0.25) is 5.43 Å². The molecule has 2 rings (SSSR count). The number of nitrogens with two attached hydrogens (primary N) is 1. The molecular weight excluding hydrogens is 312 g/mol. The van der Waals surface area contributed by atoms with Crippen molar-refractivity contribution in [3.05, 3.63) is 64.1 Å². The molecule has 1 aromatic carbocycles. The van der Waals surface area contributed by atoms with E-state index in [4.69, 9.17) is 20.7 Å². The SMILES string of the molecule is Cc1cc(=O)c(OCc2ccccc2)cn1C.NCC(O)C(=O)O. The van der Waals surface area contributed by atoms with Crippen LogP contribution in [-0.4, -0.2) is 33.4 Å². The number of hydrogen-bond acceptors (Lipinski definition) is 5. The highest BCUT2D eigenvalue weighted by Gasteiger charge is 2.08. The Bertz CT molecular complexity index is 713. The first-order chi connectivity index (χ1) is 11.3. The Hall–Kier alpha value is -2.64. The van der Waals surface area contributed by atoms with Crippen LogP contribution in [0.3, 0.4) is 0 Å². The molecule has 2 aromatic rings. The third-order valence-electron chi connectivity index (χ3n) is 3.20. The number of carboxylic acid groups (broad SMARTS) is 1. The molecule has 24 heavy (non-hydrogen) atoms. The lowest BCUT2D eigenvalue weighted by Crippen LogP contribution is -2.28. The maximum Gasteiger partial charge on any atom is 0.333 e. The van der Waals surface area contributed by atoms with Crippen molar-refractivity contribution in [3.63, 3.8) is 0 Å². The highest BCUT2D eigenvalue weighted by atomic mass is 16.5. The van der Waals surface area contributed by atoms with E-state index in [2.05, 4.69) is 0 Å². The van der Waals surface area contributed by atoms with Crippen molar-refractivity contribution in [1.29, 1.82) is 0 Å². The summed E-state index contributed by atoms with van der Waals surface area (Å²) in [6.45, 7) is 2.08. The van der Waals surface area contributed by atoms with Gasteiger partial charge in [-0.3, -0.25) is 4.79 Å². The second-order valence-electron chi connectivity index (χ2n) is 5.12. The highest BCUT2D eigenvalue weighted by molar-refractivity contribution is 5.72. The van der Waals surface area contributed by atoms with Gasteiger partial charge in [0, 0.05) is 31.5 Å². The number of aromatic nitrogens is 1. The number of nitrogens with zero attached hydrogens (tertiary/aromatic N) is 1. The molecule has 7 heteroatoms. The normalized spacial score (nSPS) is 11.2. The zero-order valence-corrected chi connectivity index (χ0v) is 13.7. The molecule has 0 saturated carbocycles. The number of ether oxygens (including phenoxy) is 1. The summed E-state index contributed by atoms with van der Waals surface area (Å²) in [6, 6.07) is 11.4. The zero-order chi connectivity index (χ0) is 18.1. The predicted octanol–water partition coefficient (Wildman–Crippen LogP) is 0.663. The van der Waals surface area contributed by atoms with Gasteiger partial charge in [0.1, 0.15) is 6.61 Å². The number of carboxylic acids is 1. The monoisotopic (exact) mass is 334 g/mol. The van der Waals surface area contributed by atoms with E-state index in [0.717, 1.165) is 11.3 Å². The second kappa shape index (κ2) is 9.49. The van der Waals surface area contributed by atoms with Crippen LogP contribution in [0, 0.1) is 6.92 Å². The average molecular weight is 334 g/mol. The van der Waals surface area contributed by atoms with Crippen LogP contribution < -0.4 is 15.9 Å². The predicted molar refractivity (Wildman–Crippen MR) is 89.9 cm³/mol. The van der Waals surface area contributed by atoms with Crippen molar-refractivity contribution in [2.45, 2.75) is 19.6 Å². The summed E-state index contributed by atoms with van der Waals surface area (Å²) >= 11 is 0. The Morgan fingerprint density at radius 1 is 1.33 bits per heavy atom. The minimum Gasteiger partial charge on any atom is -0.483 e. The van der Waals surface area contributed by atoms with Crippen LogP contribution in [0.5, 0.6) is 5.75 Å². The first kappa shape index (κ1) is 19.4. The van der Waals surface area contributed by atoms with Crippen molar-refractivity contribution in [2.75, 3.05) is 6.54 Å². The van der Waals surface area contributed by atoms with Crippen LogP contribution in [0.15, 0.2) is 47.4 Å². The summed E-state index contributed by atoms with van der Waals surface area (Å²) in [6.07, 6.45) is 0.320. The van der Waals surface area contributed by atoms with Crippen molar-refractivity contribution in [1.82, 2.24) is 4.57 Å². The highest BCUT2D eigenvalue weighted by Crippen LogP contribution is 2.08. The molecule has 0 spiro atoms. The summed E-state index contributed by atoms with van der Waals surface area (Å²) in [7, 11) is 1.89. The minimum atomic E-state index is -1.40. The van der Waals surface area contributed by atoms with Gasteiger partial charge in [-0.1, -0.05) is 30.3 Å². The molecule has 130 valence electrons. The van der Waals surface area contributed by atoms with Crippen molar-refractivity contribution in [2.24, 2.45) is 12.8 Å². The lowest BCUT2D eigenvalue weighted by atomic mass is 10.2. The van der Waals surface area contributed by atoms with E-state index in [0.29, 0.717) is 12.4 Å². The Morgan fingerprint density at radius 2 is 1.96 bits per heavy atom. The summed E-state index contributed by atoms with van der Waals surface area (Å²) in [5.41, 5.74) is 6.64. The average Bonchev–Trinajstić information content (AvgIpc) is 2.57. The molecule has 0 saturated heterocycles. The van der Waals surface area contributed by atoms with Gasteiger partial charge >= 0.3 is 5.97 Å². The van der Waals surface area contributed by atoms with Gasteiger partial charge in [-0.05, 0) is 12.5 Å². The fourth-order valence-electron chi connectivity index (χ4n) is 1.65. The number of aliphatic hydroxyl groups excluding tert-OH is 1. The Kier molecular flexibility index (Phi) is 7.67. The number of benzene rings is 1.